The van der Waals surface area contributed by atoms with Crippen LogP contribution in [0.4, 0.5) is 5.82 Å². The molecule has 7 heteroatoms. The van der Waals surface area contributed by atoms with E-state index < -0.39 is 0 Å². The van der Waals surface area contributed by atoms with Gasteiger partial charge in [0, 0.05) is 10.7 Å². The smallest absolute Gasteiger partial charge is 0.247 e. The summed E-state index contributed by atoms with van der Waals surface area (Å²) in [5.41, 5.74) is 0. The quantitative estimate of drug-likeness (QED) is 0.914. The number of anilines is 1. The van der Waals surface area contributed by atoms with Crippen molar-refractivity contribution in [2.75, 3.05) is 5.32 Å². The number of pyridine rings is 1. The van der Waals surface area contributed by atoms with Crippen LogP contribution in [0, 0.1) is 0 Å². The Morgan fingerprint density at radius 2 is 2.44 bits per heavy atom. The topological polar surface area (TPSA) is 72.7 Å². The molecule has 0 atom stereocenters. The second kappa shape index (κ2) is 4.84. The van der Waals surface area contributed by atoms with Crippen LogP contribution in [0.15, 0.2) is 35.5 Å². The van der Waals surface area contributed by atoms with Gasteiger partial charge in [-0.15, -0.1) is 0 Å². The lowest BCUT2D eigenvalue weighted by Crippen LogP contribution is -2.19. The number of amides is 1. The summed E-state index contributed by atoms with van der Waals surface area (Å²) in [4.78, 5) is 19.3. The molecule has 6 nitrogen and oxygen atoms in total. The normalized spacial score (nSPS) is 10.1. The fourth-order valence-corrected chi connectivity index (χ4v) is 1.45. The van der Waals surface area contributed by atoms with E-state index in [4.69, 9.17) is 0 Å². The molecule has 0 spiro atoms. The minimum absolute atomic E-state index is 0.119. The average molecular weight is 282 g/mol. The Bertz CT molecular complexity index is 484. The first-order valence-electron chi connectivity index (χ1n) is 4.48. The van der Waals surface area contributed by atoms with Gasteiger partial charge in [0.2, 0.25) is 5.91 Å². The summed E-state index contributed by atoms with van der Waals surface area (Å²) in [6.45, 7) is 0.119. The van der Waals surface area contributed by atoms with Crippen molar-refractivity contribution >= 4 is 27.7 Å². The maximum Gasteiger partial charge on any atom is 0.247 e. The highest BCUT2D eigenvalue weighted by Gasteiger charge is 2.04. The molecule has 0 aliphatic rings. The summed E-state index contributed by atoms with van der Waals surface area (Å²) >= 11 is 3.29. The zero-order valence-electron chi connectivity index (χ0n) is 8.17. The molecule has 2 rings (SSSR count). The Hall–Kier alpha value is -1.76. The molecule has 2 aromatic heterocycles. The lowest BCUT2D eigenvalue weighted by molar-refractivity contribution is -0.116. The lowest BCUT2D eigenvalue weighted by Gasteiger charge is -2.03. The van der Waals surface area contributed by atoms with Gasteiger partial charge in [0.25, 0.3) is 0 Å². The number of nitrogens with zero attached hydrogens (tertiary/aromatic N) is 4. The predicted octanol–water partition coefficient (Wildman–Crippen LogP) is 1.07. The first-order chi connectivity index (χ1) is 7.74. The van der Waals surface area contributed by atoms with E-state index in [-0.39, 0.29) is 12.5 Å². The third kappa shape index (κ3) is 2.86. The molecule has 2 aromatic rings. The van der Waals surface area contributed by atoms with Gasteiger partial charge in [-0.3, -0.25) is 4.79 Å². The Balaban J connectivity index is 1.97. The standard InChI is InChI=1S/C9H8BrN5O/c10-7-1-2-12-8(3-7)14-9(16)4-15-6-11-5-13-15/h1-3,5-6H,4H2,(H,12,14,16). The number of hydrogen-bond donors (Lipinski definition) is 1. The maximum absolute atomic E-state index is 11.5. The first kappa shape index (κ1) is 10.7. The third-order valence-electron chi connectivity index (χ3n) is 1.76. The number of hydrogen-bond acceptors (Lipinski definition) is 4. The van der Waals surface area contributed by atoms with Crippen molar-refractivity contribution in [3.63, 3.8) is 0 Å². The van der Waals surface area contributed by atoms with Crippen LogP contribution in [0.1, 0.15) is 0 Å². The van der Waals surface area contributed by atoms with Crippen LogP contribution in [0.2, 0.25) is 0 Å². The molecule has 0 aliphatic carbocycles. The number of carbonyl (C=O) groups is 1. The van der Waals surface area contributed by atoms with Crippen molar-refractivity contribution in [1.29, 1.82) is 0 Å². The molecular formula is C9H8BrN5O. The zero-order valence-corrected chi connectivity index (χ0v) is 9.75. The minimum Gasteiger partial charge on any atom is -0.309 e. The van der Waals surface area contributed by atoms with E-state index in [2.05, 4.69) is 36.3 Å². The monoisotopic (exact) mass is 281 g/mol. The molecular weight excluding hydrogens is 274 g/mol. The molecule has 1 amide bonds. The van der Waals surface area contributed by atoms with Gasteiger partial charge in [-0.2, -0.15) is 5.10 Å². The van der Waals surface area contributed by atoms with Crippen molar-refractivity contribution in [3.8, 4) is 0 Å². The first-order valence-corrected chi connectivity index (χ1v) is 5.27. The van der Waals surface area contributed by atoms with Crippen LogP contribution in [0.25, 0.3) is 0 Å². The second-order valence-corrected chi connectivity index (χ2v) is 3.92. The van der Waals surface area contributed by atoms with E-state index in [9.17, 15) is 4.79 Å². The van der Waals surface area contributed by atoms with Crippen LogP contribution in [-0.2, 0) is 11.3 Å². The van der Waals surface area contributed by atoms with Crippen LogP contribution < -0.4 is 5.32 Å². The van der Waals surface area contributed by atoms with Crippen LogP contribution in [-0.4, -0.2) is 25.7 Å². The highest BCUT2D eigenvalue weighted by Crippen LogP contribution is 2.12. The molecule has 0 bridgehead atoms. The molecule has 0 radical (unpaired) electrons. The van der Waals surface area contributed by atoms with Crippen molar-refractivity contribution in [2.45, 2.75) is 6.54 Å². The molecule has 0 aromatic carbocycles. The number of rotatable bonds is 3. The van der Waals surface area contributed by atoms with Gasteiger partial charge in [0.05, 0.1) is 0 Å². The third-order valence-corrected chi connectivity index (χ3v) is 2.25. The molecule has 0 fully saturated rings. The fourth-order valence-electron chi connectivity index (χ4n) is 1.12. The van der Waals surface area contributed by atoms with Gasteiger partial charge in [0.1, 0.15) is 25.0 Å². The van der Waals surface area contributed by atoms with Crippen LogP contribution >= 0.6 is 15.9 Å². The second-order valence-electron chi connectivity index (χ2n) is 3.00. The van der Waals surface area contributed by atoms with Crippen molar-refractivity contribution < 1.29 is 4.79 Å². The molecule has 0 aliphatic heterocycles. The minimum atomic E-state index is -0.198. The van der Waals surface area contributed by atoms with E-state index >= 15 is 0 Å². The molecule has 82 valence electrons. The van der Waals surface area contributed by atoms with Crippen molar-refractivity contribution in [3.05, 3.63) is 35.5 Å². The Labute approximate surface area is 99.8 Å². The molecule has 0 saturated heterocycles. The highest BCUT2D eigenvalue weighted by atomic mass is 79.9. The summed E-state index contributed by atoms with van der Waals surface area (Å²) in [5.74, 6) is 0.301. The highest BCUT2D eigenvalue weighted by molar-refractivity contribution is 9.10. The number of carbonyl (C=O) groups excluding carboxylic acids is 1. The van der Waals surface area contributed by atoms with E-state index in [1.807, 2.05) is 0 Å². The average Bonchev–Trinajstić information content (AvgIpc) is 2.70. The van der Waals surface area contributed by atoms with Gasteiger partial charge < -0.3 is 5.32 Å². The Morgan fingerprint density at radius 3 is 3.12 bits per heavy atom. The van der Waals surface area contributed by atoms with E-state index in [0.717, 1.165) is 4.47 Å². The molecule has 2 heterocycles. The fraction of sp³-hybridized carbons (Fsp3) is 0.111. The van der Waals surface area contributed by atoms with Gasteiger partial charge in [-0.25, -0.2) is 14.6 Å². The van der Waals surface area contributed by atoms with Crippen molar-refractivity contribution in [1.82, 2.24) is 19.7 Å². The Morgan fingerprint density at radius 1 is 1.56 bits per heavy atom. The van der Waals surface area contributed by atoms with Crippen LogP contribution in [0.5, 0.6) is 0 Å². The summed E-state index contributed by atoms with van der Waals surface area (Å²) in [6.07, 6.45) is 4.47. The lowest BCUT2D eigenvalue weighted by atomic mass is 10.4. The Kier molecular flexibility index (Phi) is 3.25. The largest absolute Gasteiger partial charge is 0.309 e. The van der Waals surface area contributed by atoms with Gasteiger partial charge in [-0.1, -0.05) is 15.9 Å². The number of aromatic nitrogens is 4. The predicted molar refractivity (Wildman–Crippen MR) is 60.6 cm³/mol. The van der Waals surface area contributed by atoms with Gasteiger partial charge in [0.15, 0.2) is 0 Å². The molecule has 0 saturated carbocycles. The number of halogens is 1. The zero-order chi connectivity index (χ0) is 11.4. The molecule has 1 N–H and O–H groups in total. The summed E-state index contributed by atoms with van der Waals surface area (Å²) in [7, 11) is 0. The van der Waals surface area contributed by atoms with Crippen molar-refractivity contribution in [2.24, 2.45) is 0 Å². The van der Waals surface area contributed by atoms with E-state index in [0.29, 0.717) is 5.82 Å². The summed E-state index contributed by atoms with van der Waals surface area (Å²) < 4.78 is 2.30. The maximum atomic E-state index is 11.5. The molecule has 16 heavy (non-hydrogen) atoms. The van der Waals surface area contributed by atoms with Gasteiger partial charge >= 0.3 is 0 Å². The van der Waals surface area contributed by atoms with E-state index in [1.165, 1.54) is 17.3 Å². The SMILES string of the molecule is O=C(Cn1cncn1)Nc1cc(Br)ccn1. The van der Waals surface area contributed by atoms with Crippen LogP contribution in [0.3, 0.4) is 0 Å². The van der Waals surface area contributed by atoms with E-state index in [1.54, 1.807) is 18.3 Å². The summed E-state index contributed by atoms with van der Waals surface area (Å²) in [5, 5.41) is 6.48. The van der Waals surface area contributed by atoms with Gasteiger partial charge in [-0.05, 0) is 12.1 Å². The summed E-state index contributed by atoms with van der Waals surface area (Å²) in [6, 6.07) is 3.51. The molecule has 0 unspecified atom stereocenters. The number of nitrogens with one attached hydrogen (secondary N) is 1.